The van der Waals surface area contributed by atoms with Gasteiger partial charge in [0.25, 0.3) is 0 Å². The lowest BCUT2D eigenvalue weighted by atomic mass is 10.1. The Morgan fingerprint density at radius 1 is 1.17 bits per heavy atom. The molecule has 2 aromatic rings. The zero-order valence-electron chi connectivity index (χ0n) is 10.5. The quantitative estimate of drug-likeness (QED) is 0.846. The van der Waals surface area contributed by atoms with Gasteiger partial charge in [0.1, 0.15) is 5.82 Å². The molecule has 2 N–H and O–H groups in total. The molecule has 1 unspecified atom stereocenters. The summed E-state index contributed by atoms with van der Waals surface area (Å²) in [5.74, 6) is 0.825. The van der Waals surface area contributed by atoms with Gasteiger partial charge in [0.2, 0.25) is 0 Å². The molecule has 1 heterocycles. The fourth-order valence-corrected chi connectivity index (χ4v) is 1.73. The van der Waals surface area contributed by atoms with E-state index in [2.05, 4.69) is 22.4 Å². The molecule has 2 rings (SSSR count). The molecule has 0 amide bonds. The van der Waals surface area contributed by atoms with E-state index in [1.54, 1.807) is 6.20 Å². The molecule has 3 heteroatoms. The minimum atomic E-state index is -0.416. The summed E-state index contributed by atoms with van der Waals surface area (Å²) in [6, 6.07) is 14.0. The summed E-state index contributed by atoms with van der Waals surface area (Å²) in [6.45, 7) is 2.70. The predicted octanol–water partition coefficient (Wildman–Crippen LogP) is 3.14. The maximum atomic E-state index is 9.67. The van der Waals surface area contributed by atoms with E-state index in [9.17, 15) is 5.11 Å². The van der Waals surface area contributed by atoms with Gasteiger partial charge >= 0.3 is 0 Å². The van der Waals surface area contributed by atoms with Crippen molar-refractivity contribution in [2.45, 2.75) is 26.0 Å². The van der Waals surface area contributed by atoms with Gasteiger partial charge in [-0.25, -0.2) is 4.98 Å². The van der Waals surface area contributed by atoms with Gasteiger partial charge in [-0.2, -0.15) is 0 Å². The molecule has 0 aliphatic rings. The number of aliphatic hydroxyl groups excluding tert-OH is 1. The number of pyridine rings is 1. The van der Waals surface area contributed by atoms with Crippen molar-refractivity contribution in [3.63, 3.8) is 0 Å². The highest BCUT2D eigenvalue weighted by Crippen LogP contribution is 2.16. The highest BCUT2D eigenvalue weighted by Gasteiger charge is 2.04. The lowest BCUT2D eigenvalue weighted by Gasteiger charge is -2.09. The van der Waals surface area contributed by atoms with Gasteiger partial charge < -0.3 is 10.4 Å². The van der Waals surface area contributed by atoms with Crippen molar-refractivity contribution < 1.29 is 5.11 Å². The Morgan fingerprint density at radius 2 is 1.94 bits per heavy atom. The Kier molecular flexibility index (Phi) is 4.31. The van der Waals surface area contributed by atoms with E-state index in [0.29, 0.717) is 6.42 Å². The number of aliphatic hydroxyl groups is 1. The summed E-state index contributed by atoms with van der Waals surface area (Å²) in [6.07, 6.45) is 2.01. The monoisotopic (exact) mass is 242 g/mol. The van der Waals surface area contributed by atoms with Crippen LogP contribution in [-0.4, -0.2) is 10.1 Å². The Morgan fingerprint density at radius 3 is 2.56 bits per heavy atom. The van der Waals surface area contributed by atoms with Crippen molar-refractivity contribution in [3.8, 4) is 0 Å². The van der Waals surface area contributed by atoms with E-state index in [0.717, 1.165) is 17.9 Å². The van der Waals surface area contributed by atoms with Gasteiger partial charge in [-0.3, -0.25) is 0 Å². The molecule has 0 aliphatic heterocycles. The van der Waals surface area contributed by atoms with Crippen LogP contribution in [0.25, 0.3) is 0 Å². The number of rotatable bonds is 5. The number of nitrogens with one attached hydrogen (secondary N) is 1. The third-order valence-corrected chi connectivity index (χ3v) is 2.87. The number of anilines is 1. The second-order valence-corrected chi connectivity index (χ2v) is 4.24. The first-order valence-electron chi connectivity index (χ1n) is 6.21. The van der Waals surface area contributed by atoms with Crippen LogP contribution < -0.4 is 5.32 Å². The summed E-state index contributed by atoms with van der Waals surface area (Å²) in [4.78, 5) is 4.29. The SMILES string of the molecule is CCC(O)c1ccc(NCc2ccccc2)nc1. The van der Waals surface area contributed by atoms with E-state index >= 15 is 0 Å². The van der Waals surface area contributed by atoms with Crippen LogP contribution in [0.1, 0.15) is 30.6 Å². The third-order valence-electron chi connectivity index (χ3n) is 2.87. The van der Waals surface area contributed by atoms with Gasteiger partial charge in [0, 0.05) is 12.7 Å². The Balaban J connectivity index is 1.94. The summed E-state index contributed by atoms with van der Waals surface area (Å²) in [5.41, 5.74) is 2.08. The maximum absolute atomic E-state index is 9.67. The largest absolute Gasteiger partial charge is 0.388 e. The lowest BCUT2D eigenvalue weighted by molar-refractivity contribution is 0.173. The van der Waals surface area contributed by atoms with Crippen molar-refractivity contribution in [2.24, 2.45) is 0 Å². The standard InChI is InChI=1S/C15H18N2O/c1-2-14(18)13-8-9-15(17-11-13)16-10-12-6-4-3-5-7-12/h3-9,11,14,18H,2,10H2,1H3,(H,16,17). The van der Waals surface area contributed by atoms with E-state index in [-0.39, 0.29) is 0 Å². The predicted molar refractivity (Wildman–Crippen MR) is 73.3 cm³/mol. The molecule has 1 atom stereocenters. The topological polar surface area (TPSA) is 45.1 Å². The number of benzene rings is 1. The number of nitrogens with zero attached hydrogens (tertiary/aromatic N) is 1. The van der Waals surface area contributed by atoms with Crippen molar-refractivity contribution in [1.82, 2.24) is 4.98 Å². The van der Waals surface area contributed by atoms with E-state index in [1.165, 1.54) is 5.56 Å². The molecule has 1 aromatic carbocycles. The number of hydrogen-bond acceptors (Lipinski definition) is 3. The summed E-state index contributed by atoms with van der Waals surface area (Å²) in [5, 5.41) is 12.9. The van der Waals surface area contributed by atoms with Crippen LogP contribution in [0.15, 0.2) is 48.7 Å². The third kappa shape index (κ3) is 3.31. The van der Waals surface area contributed by atoms with Crippen LogP contribution in [0.3, 0.4) is 0 Å². The molecular formula is C15H18N2O. The second kappa shape index (κ2) is 6.17. The average Bonchev–Trinajstić information content (AvgIpc) is 2.46. The molecular weight excluding hydrogens is 224 g/mol. The van der Waals surface area contributed by atoms with Crippen LogP contribution in [0, 0.1) is 0 Å². The van der Waals surface area contributed by atoms with Crippen LogP contribution in [0.2, 0.25) is 0 Å². The van der Waals surface area contributed by atoms with Gasteiger partial charge in [-0.1, -0.05) is 43.3 Å². The zero-order chi connectivity index (χ0) is 12.8. The molecule has 0 radical (unpaired) electrons. The molecule has 0 fully saturated rings. The molecule has 0 aliphatic carbocycles. The normalized spacial score (nSPS) is 12.1. The highest BCUT2D eigenvalue weighted by atomic mass is 16.3. The molecule has 0 bridgehead atoms. The van der Waals surface area contributed by atoms with Crippen molar-refractivity contribution in [3.05, 3.63) is 59.8 Å². The molecule has 94 valence electrons. The zero-order valence-corrected chi connectivity index (χ0v) is 10.5. The van der Waals surface area contributed by atoms with Crippen molar-refractivity contribution in [1.29, 1.82) is 0 Å². The smallest absolute Gasteiger partial charge is 0.126 e. The minimum Gasteiger partial charge on any atom is -0.388 e. The lowest BCUT2D eigenvalue weighted by Crippen LogP contribution is -2.02. The fraction of sp³-hybridized carbons (Fsp3) is 0.267. The van der Waals surface area contributed by atoms with Gasteiger partial charge in [0.15, 0.2) is 0 Å². The minimum absolute atomic E-state index is 0.416. The van der Waals surface area contributed by atoms with Gasteiger partial charge in [-0.05, 0) is 23.6 Å². The van der Waals surface area contributed by atoms with Crippen LogP contribution in [0.4, 0.5) is 5.82 Å². The van der Waals surface area contributed by atoms with Crippen molar-refractivity contribution in [2.75, 3.05) is 5.32 Å². The molecule has 0 spiro atoms. The van der Waals surface area contributed by atoms with Gasteiger partial charge in [0.05, 0.1) is 6.10 Å². The van der Waals surface area contributed by atoms with Gasteiger partial charge in [-0.15, -0.1) is 0 Å². The first kappa shape index (κ1) is 12.6. The van der Waals surface area contributed by atoms with Crippen LogP contribution in [-0.2, 0) is 6.54 Å². The van der Waals surface area contributed by atoms with E-state index in [4.69, 9.17) is 0 Å². The Labute approximate surface area is 108 Å². The molecule has 1 aromatic heterocycles. The average molecular weight is 242 g/mol. The molecule has 3 nitrogen and oxygen atoms in total. The molecule has 18 heavy (non-hydrogen) atoms. The molecule has 0 saturated heterocycles. The fourth-order valence-electron chi connectivity index (χ4n) is 1.73. The summed E-state index contributed by atoms with van der Waals surface area (Å²) in [7, 11) is 0. The highest BCUT2D eigenvalue weighted by molar-refractivity contribution is 5.37. The first-order chi connectivity index (χ1) is 8.79. The second-order valence-electron chi connectivity index (χ2n) is 4.24. The number of aromatic nitrogens is 1. The maximum Gasteiger partial charge on any atom is 0.126 e. The molecule has 0 saturated carbocycles. The Hall–Kier alpha value is -1.87. The van der Waals surface area contributed by atoms with Crippen molar-refractivity contribution >= 4 is 5.82 Å². The summed E-state index contributed by atoms with van der Waals surface area (Å²) >= 11 is 0. The number of hydrogen-bond donors (Lipinski definition) is 2. The Bertz CT molecular complexity index is 468. The summed E-state index contributed by atoms with van der Waals surface area (Å²) < 4.78 is 0. The van der Waals surface area contributed by atoms with E-state index < -0.39 is 6.10 Å². The van der Waals surface area contributed by atoms with E-state index in [1.807, 2.05) is 37.3 Å². The van der Waals surface area contributed by atoms with Crippen LogP contribution >= 0.6 is 0 Å². The van der Waals surface area contributed by atoms with Crippen LogP contribution in [0.5, 0.6) is 0 Å². The first-order valence-corrected chi connectivity index (χ1v) is 6.21.